The molecule has 1 aromatic rings. The lowest BCUT2D eigenvalue weighted by atomic mass is 10.2. The molecule has 154 valence electrons. The molecule has 1 atom stereocenters. The third kappa shape index (κ3) is 3.82. The fourth-order valence-corrected chi connectivity index (χ4v) is 5.22. The lowest BCUT2D eigenvalue weighted by Gasteiger charge is -2.31. The molecule has 0 bridgehead atoms. The average Bonchev–Trinajstić information content (AvgIpc) is 3.17. The average molecular weight is 412 g/mol. The number of hydrogen-bond acceptors (Lipinski definition) is 7. The first-order chi connectivity index (χ1) is 13.2. The van der Waals surface area contributed by atoms with Gasteiger partial charge in [0.2, 0.25) is 15.9 Å². The van der Waals surface area contributed by atoms with E-state index < -0.39 is 21.0 Å². The maximum absolute atomic E-state index is 13.3. The van der Waals surface area contributed by atoms with Crippen LogP contribution in [0.4, 0.5) is 11.4 Å². The molecule has 2 fully saturated rings. The first kappa shape index (κ1) is 20.5. The Labute approximate surface area is 163 Å². The van der Waals surface area contributed by atoms with E-state index in [2.05, 4.69) is 0 Å². The third-order valence-electron chi connectivity index (χ3n) is 5.03. The maximum atomic E-state index is 13.3. The smallest absolute Gasteiger partial charge is 0.270 e. The number of nitro groups is 1. The van der Waals surface area contributed by atoms with E-state index in [-0.39, 0.29) is 42.8 Å². The number of non-ortho nitro benzene ring substituents is 1. The number of likely N-dealkylation sites (N-methyl/N-ethyl adjacent to an activating group) is 1. The summed E-state index contributed by atoms with van der Waals surface area (Å²) in [7, 11) is -0.668. The number of carbonyl (C=O) groups excluding carboxylic acids is 1. The van der Waals surface area contributed by atoms with Crippen molar-refractivity contribution in [2.24, 2.45) is 0 Å². The molecular formula is C17H24N4O6S. The van der Waals surface area contributed by atoms with Crippen molar-refractivity contribution in [3.63, 3.8) is 0 Å². The summed E-state index contributed by atoms with van der Waals surface area (Å²) in [5, 5.41) is 11.3. The highest BCUT2D eigenvalue weighted by atomic mass is 32.2. The number of hydrogen-bond donors (Lipinski definition) is 0. The number of anilines is 1. The van der Waals surface area contributed by atoms with Gasteiger partial charge in [0.15, 0.2) is 0 Å². The molecule has 0 spiro atoms. The standard InChI is InChI=1S/C17H24N4O6S/c1-18(2)17(22)15-4-3-7-20(15)14-6-5-13(21(23)24)12-16(14)28(25,26)19-8-10-27-11-9-19/h5-6,12,15H,3-4,7-11H2,1-2H3/t15-/m0/s1. The lowest BCUT2D eigenvalue weighted by molar-refractivity contribution is -0.385. The highest BCUT2D eigenvalue weighted by Gasteiger charge is 2.37. The van der Waals surface area contributed by atoms with Crippen LogP contribution in [0.2, 0.25) is 0 Å². The van der Waals surface area contributed by atoms with E-state index >= 15 is 0 Å². The van der Waals surface area contributed by atoms with Crippen LogP contribution in [0.15, 0.2) is 23.1 Å². The summed E-state index contributed by atoms with van der Waals surface area (Å²) in [4.78, 5) is 26.3. The minimum atomic E-state index is -3.97. The number of nitrogens with zero attached hydrogens (tertiary/aromatic N) is 4. The van der Waals surface area contributed by atoms with Gasteiger partial charge in [-0.05, 0) is 18.9 Å². The van der Waals surface area contributed by atoms with Crippen LogP contribution in [-0.4, -0.2) is 81.4 Å². The largest absolute Gasteiger partial charge is 0.379 e. The number of ether oxygens (including phenoxy) is 1. The lowest BCUT2D eigenvalue weighted by Crippen LogP contribution is -2.44. The van der Waals surface area contributed by atoms with Crippen LogP contribution in [0, 0.1) is 10.1 Å². The number of rotatable bonds is 5. The van der Waals surface area contributed by atoms with Crippen LogP contribution < -0.4 is 4.90 Å². The topological polar surface area (TPSA) is 113 Å². The van der Waals surface area contributed by atoms with Crippen molar-refractivity contribution in [3.05, 3.63) is 28.3 Å². The quantitative estimate of drug-likeness (QED) is 0.516. The molecule has 2 aliphatic heterocycles. The van der Waals surface area contributed by atoms with Crippen LogP contribution >= 0.6 is 0 Å². The molecule has 0 N–H and O–H groups in total. The van der Waals surface area contributed by atoms with Gasteiger partial charge in [-0.25, -0.2) is 8.42 Å². The molecule has 0 aliphatic carbocycles. The van der Waals surface area contributed by atoms with Crippen molar-refractivity contribution >= 4 is 27.3 Å². The maximum Gasteiger partial charge on any atom is 0.270 e. The molecule has 2 heterocycles. The SMILES string of the molecule is CN(C)C(=O)[C@@H]1CCCN1c1ccc([N+](=O)[O-])cc1S(=O)(=O)N1CCOCC1. The molecule has 2 saturated heterocycles. The molecule has 1 amide bonds. The second kappa shape index (κ2) is 8.02. The fraction of sp³-hybridized carbons (Fsp3) is 0.588. The van der Waals surface area contributed by atoms with Crippen molar-refractivity contribution in [2.75, 3.05) is 51.8 Å². The van der Waals surface area contributed by atoms with Gasteiger partial charge in [0.05, 0.1) is 23.8 Å². The second-order valence-corrected chi connectivity index (χ2v) is 8.92. The van der Waals surface area contributed by atoms with Gasteiger partial charge in [-0.2, -0.15) is 4.31 Å². The van der Waals surface area contributed by atoms with E-state index in [1.165, 1.54) is 21.3 Å². The van der Waals surface area contributed by atoms with Crippen molar-refractivity contribution in [1.82, 2.24) is 9.21 Å². The van der Waals surface area contributed by atoms with Gasteiger partial charge in [-0.15, -0.1) is 0 Å². The molecule has 0 aromatic heterocycles. The summed E-state index contributed by atoms with van der Waals surface area (Å²) in [6.45, 7) is 1.42. The molecule has 0 unspecified atom stereocenters. The third-order valence-corrected chi connectivity index (χ3v) is 6.96. The van der Waals surface area contributed by atoms with Gasteiger partial charge in [0.1, 0.15) is 10.9 Å². The Morgan fingerprint density at radius 3 is 2.54 bits per heavy atom. The summed E-state index contributed by atoms with van der Waals surface area (Å²) < 4.78 is 33.0. The number of nitro benzene ring substituents is 1. The molecule has 0 radical (unpaired) electrons. The van der Waals surface area contributed by atoms with Crippen LogP contribution in [0.25, 0.3) is 0 Å². The van der Waals surface area contributed by atoms with Crippen molar-refractivity contribution in [1.29, 1.82) is 0 Å². The molecule has 2 aliphatic rings. The summed E-state index contributed by atoms with van der Waals surface area (Å²) >= 11 is 0. The Morgan fingerprint density at radius 1 is 1.25 bits per heavy atom. The van der Waals surface area contributed by atoms with E-state index in [0.717, 1.165) is 12.5 Å². The molecule has 1 aromatic carbocycles. The number of benzene rings is 1. The minimum absolute atomic E-state index is 0.120. The zero-order valence-electron chi connectivity index (χ0n) is 15.9. The zero-order valence-corrected chi connectivity index (χ0v) is 16.7. The van der Waals surface area contributed by atoms with Gasteiger partial charge in [0, 0.05) is 45.9 Å². The number of carbonyl (C=O) groups is 1. The number of morpholine rings is 1. The van der Waals surface area contributed by atoms with Gasteiger partial charge >= 0.3 is 0 Å². The summed E-state index contributed by atoms with van der Waals surface area (Å²) in [5.74, 6) is -0.120. The van der Waals surface area contributed by atoms with E-state index in [1.807, 2.05) is 0 Å². The first-order valence-corrected chi connectivity index (χ1v) is 10.5. The molecule has 0 saturated carbocycles. The van der Waals surface area contributed by atoms with Crippen molar-refractivity contribution < 1.29 is 22.9 Å². The van der Waals surface area contributed by atoms with E-state index in [0.29, 0.717) is 18.7 Å². The predicted octanol–water partition coefficient (Wildman–Crippen LogP) is 0.673. The van der Waals surface area contributed by atoms with Gasteiger partial charge in [-0.1, -0.05) is 0 Å². The highest BCUT2D eigenvalue weighted by Crippen LogP contribution is 2.36. The monoisotopic (exact) mass is 412 g/mol. The molecule has 3 rings (SSSR count). The van der Waals surface area contributed by atoms with Gasteiger partial charge in [0.25, 0.3) is 5.69 Å². The molecule has 28 heavy (non-hydrogen) atoms. The number of amides is 1. The van der Waals surface area contributed by atoms with Crippen molar-refractivity contribution in [3.8, 4) is 0 Å². The van der Waals surface area contributed by atoms with E-state index in [9.17, 15) is 23.3 Å². The normalized spacial score (nSPS) is 20.9. The molecule has 11 heteroatoms. The molecular weight excluding hydrogens is 388 g/mol. The van der Waals surface area contributed by atoms with Gasteiger partial charge in [-0.3, -0.25) is 14.9 Å². The van der Waals surface area contributed by atoms with E-state index in [1.54, 1.807) is 19.0 Å². The Balaban J connectivity index is 2.08. The second-order valence-electron chi connectivity index (χ2n) is 7.01. The van der Waals surface area contributed by atoms with Crippen LogP contribution in [-0.2, 0) is 19.6 Å². The predicted molar refractivity (Wildman–Crippen MR) is 102 cm³/mol. The Bertz CT molecular complexity index is 866. The zero-order chi connectivity index (χ0) is 20.5. The Morgan fingerprint density at radius 2 is 1.93 bits per heavy atom. The minimum Gasteiger partial charge on any atom is -0.379 e. The van der Waals surface area contributed by atoms with Crippen LogP contribution in [0.1, 0.15) is 12.8 Å². The number of sulfonamides is 1. The van der Waals surface area contributed by atoms with Crippen molar-refractivity contribution in [2.45, 2.75) is 23.8 Å². The summed E-state index contributed by atoms with van der Waals surface area (Å²) in [6, 6.07) is 3.32. The summed E-state index contributed by atoms with van der Waals surface area (Å²) in [5.41, 5.74) is 0.0278. The van der Waals surface area contributed by atoms with Gasteiger partial charge < -0.3 is 14.5 Å². The Hall–Kier alpha value is -2.24. The van der Waals surface area contributed by atoms with Crippen LogP contribution in [0.3, 0.4) is 0 Å². The summed E-state index contributed by atoms with van der Waals surface area (Å²) in [6.07, 6.45) is 1.34. The van der Waals surface area contributed by atoms with Crippen LogP contribution in [0.5, 0.6) is 0 Å². The van der Waals surface area contributed by atoms with E-state index in [4.69, 9.17) is 4.74 Å². The Kier molecular flexibility index (Phi) is 5.87. The molecule has 10 nitrogen and oxygen atoms in total. The highest BCUT2D eigenvalue weighted by molar-refractivity contribution is 7.89. The fourth-order valence-electron chi connectivity index (χ4n) is 3.60. The first-order valence-electron chi connectivity index (χ1n) is 9.07.